The van der Waals surface area contributed by atoms with E-state index in [1.165, 1.54) is 0 Å². The Hall–Kier alpha value is -2.85. The van der Waals surface area contributed by atoms with Crippen LogP contribution in [0.2, 0.25) is 5.02 Å². The van der Waals surface area contributed by atoms with Gasteiger partial charge in [-0.15, -0.1) is 0 Å². The van der Waals surface area contributed by atoms with Crippen molar-refractivity contribution in [3.8, 4) is 5.75 Å². The Balaban J connectivity index is 1.76. The molecule has 27 heavy (non-hydrogen) atoms. The number of nitrogens with zero attached hydrogens (tertiary/aromatic N) is 1. The fourth-order valence-electron chi connectivity index (χ4n) is 2.85. The van der Waals surface area contributed by atoms with Crippen LogP contribution < -0.4 is 10.2 Å². The lowest BCUT2D eigenvalue weighted by Gasteiger charge is -2.11. The van der Waals surface area contributed by atoms with Crippen molar-refractivity contribution >= 4 is 34.5 Å². The number of benzene rings is 3. The zero-order chi connectivity index (χ0) is 19.4. The number of hydrogen-bond donors (Lipinski definition) is 1. The van der Waals surface area contributed by atoms with Gasteiger partial charge in [-0.2, -0.15) is 5.10 Å². The van der Waals surface area contributed by atoms with Gasteiger partial charge in [0.2, 0.25) is 0 Å². The van der Waals surface area contributed by atoms with Crippen LogP contribution in [0.4, 0.5) is 0 Å². The van der Waals surface area contributed by atoms with Gasteiger partial charge in [0.25, 0.3) is 5.91 Å². The van der Waals surface area contributed by atoms with E-state index in [1.54, 1.807) is 18.3 Å². The minimum absolute atomic E-state index is 0.0465. The van der Waals surface area contributed by atoms with Crippen molar-refractivity contribution in [3.63, 3.8) is 0 Å². The number of rotatable bonds is 5. The van der Waals surface area contributed by atoms with Gasteiger partial charge in [0.05, 0.1) is 22.9 Å². The second-order valence-corrected chi connectivity index (χ2v) is 6.94. The Labute approximate surface area is 163 Å². The van der Waals surface area contributed by atoms with Crippen LogP contribution in [0.15, 0.2) is 59.7 Å². The third kappa shape index (κ3) is 4.47. The Morgan fingerprint density at radius 1 is 1.15 bits per heavy atom. The lowest BCUT2D eigenvalue weighted by atomic mass is 9.99. The van der Waals surface area contributed by atoms with Crippen LogP contribution in [-0.4, -0.2) is 18.2 Å². The SMILES string of the molecule is Cc1ccc2ccccc2c1C(=O)N/N=C\c1ccc(OC(C)C)c(Cl)c1. The minimum atomic E-state index is -0.244. The van der Waals surface area contributed by atoms with Gasteiger partial charge in [-0.3, -0.25) is 4.79 Å². The lowest BCUT2D eigenvalue weighted by molar-refractivity contribution is 0.0956. The zero-order valence-corrected chi connectivity index (χ0v) is 16.2. The number of amides is 1. The molecule has 0 aliphatic heterocycles. The van der Waals surface area contributed by atoms with E-state index in [9.17, 15) is 4.79 Å². The van der Waals surface area contributed by atoms with Gasteiger partial charge in [-0.05, 0) is 60.9 Å². The third-order valence-corrected chi connectivity index (χ3v) is 4.36. The molecule has 1 amide bonds. The molecule has 3 aromatic rings. The van der Waals surface area contributed by atoms with Crippen LogP contribution in [0.1, 0.15) is 35.3 Å². The number of aryl methyl sites for hydroxylation is 1. The molecule has 5 heteroatoms. The van der Waals surface area contributed by atoms with E-state index >= 15 is 0 Å². The summed E-state index contributed by atoms with van der Waals surface area (Å²) in [5.74, 6) is 0.380. The highest BCUT2D eigenvalue weighted by molar-refractivity contribution is 6.32. The van der Waals surface area contributed by atoms with E-state index in [0.717, 1.165) is 21.9 Å². The molecule has 0 bridgehead atoms. The maximum atomic E-state index is 12.6. The first-order chi connectivity index (χ1) is 13.0. The average Bonchev–Trinajstić information content (AvgIpc) is 2.63. The topological polar surface area (TPSA) is 50.7 Å². The smallest absolute Gasteiger partial charge is 0.272 e. The molecule has 1 N–H and O–H groups in total. The standard InChI is InChI=1S/C22H21ClN2O2/c1-14(2)27-20-11-9-16(12-19(20)23)13-24-25-22(26)21-15(3)8-10-17-6-4-5-7-18(17)21/h4-14H,1-3H3,(H,25,26)/b24-13-. The molecule has 0 spiro atoms. The Kier molecular flexibility index (Phi) is 5.77. The molecule has 0 radical (unpaired) electrons. The Morgan fingerprint density at radius 2 is 1.93 bits per heavy atom. The van der Waals surface area contributed by atoms with E-state index in [-0.39, 0.29) is 12.0 Å². The highest BCUT2D eigenvalue weighted by atomic mass is 35.5. The predicted octanol–water partition coefficient (Wildman–Crippen LogP) is 5.35. The highest BCUT2D eigenvalue weighted by Crippen LogP contribution is 2.26. The van der Waals surface area contributed by atoms with Crippen LogP contribution in [0, 0.1) is 6.92 Å². The molecule has 0 aliphatic carbocycles. The van der Waals surface area contributed by atoms with E-state index in [1.807, 2.05) is 63.2 Å². The van der Waals surface area contributed by atoms with Crippen LogP contribution in [0.5, 0.6) is 5.75 Å². The van der Waals surface area contributed by atoms with Gasteiger partial charge in [-0.25, -0.2) is 5.43 Å². The van der Waals surface area contributed by atoms with Gasteiger partial charge >= 0.3 is 0 Å². The van der Waals surface area contributed by atoms with E-state index in [4.69, 9.17) is 16.3 Å². The van der Waals surface area contributed by atoms with E-state index in [0.29, 0.717) is 16.3 Å². The molecule has 4 nitrogen and oxygen atoms in total. The maximum Gasteiger partial charge on any atom is 0.272 e. The molecule has 0 atom stereocenters. The van der Waals surface area contributed by atoms with Crippen molar-refractivity contribution in [2.45, 2.75) is 26.9 Å². The molecule has 0 aromatic heterocycles. The number of hydrazone groups is 1. The molecule has 0 saturated carbocycles. The Morgan fingerprint density at radius 3 is 2.67 bits per heavy atom. The van der Waals surface area contributed by atoms with Gasteiger partial charge in [0, 0.05) is 0 Å². The van der Waals surface area contributed by atoms with Crippen LogP contribution in [0.25, 0.3) is 10.8 Å². The summed E-state index contributed by atoms with van der Waals surface area (Å²) in [4.78, 5) is 12.6. The number of hydrogen-bond acceptors (Lipinski definition) is 3. The normalized spacial score (nSPS) is 11.3. The number of carbonyl (C=O) groups excluding carboxylic acids is 1. The fourth-order valence-corrected chi connectivity index (χ4v) is 3.08. The Bertz CT molecular complexity index is 1010. The molecule has 0 fully saturated rings. The van der Waals surface area contributed by atoms with E-state index in [2.05, 4.69) is 10.5 Å². The largest absolute Gasteiger partial charge is 0.489 e. The summed E-state index contributed by atoms with van der Waals surface area (Å²) in [5, 5.41) is 6.50. The first-order valence-corrected chi connectivity index (χ1v) is 9.11. The summed E-state index contributed by atoms with van der Waals surface area (Å²) >= 11 is 6.22. The van der Waals surface area contributed by atoms with Crippen molar-refractivity contribution in [3.05, 3.63) is 76.3 Å². The van der Waals surface area contributed by atoms with Gasteiger partial charge < -0.3 is 4.74 Å². The van der Waals surface area contributed by atoms with Gasteiger partial charge in [0.1, 0.15) is 5.75 Å². The summed E-state index contributed by atoms with van der Waals surface area (Å²) in [5.41, 5.74) is 4.90. The quantitative estimate of drug-likeness (QED) is 0.479. The van der Waals surface area contributed by atoms with Crippen LogP contribution in [0.3, 0.4) is 0 Å². The number of halogens is 1. The summed E-state index contributed by atoms with van der Waals surface area (Å²) < 4.78 is 5.61. The number of ether oxygens (including phenoxy) is 1. The van der Waals surface area contributed by atoms with E-state index < -0.39 is 0 Å². The number of carbonyl (C=O) groups is 1. The van der Waals surface area contributed by atoms with Crippen molar-refractivity contribution in [2.75, 3.05) is 0 Å². The predicted molar refractivity (Wildman–Crippen MR) is 111 cm³/mol. The first-order valence-electron chi connectivity index (χ1n) is 8.73. The molecule has 3 rings (SSSR count). The summed E-state index contributed by atoms with van der Waals surface area (Å²) in [6, 6.07) is 17.1. The van der Waals surface area contributed by atoms with Crippen molar-refractivity contribution < 1.29 is 9.53 Å². The lowest BCUT2D eigenvalue weighted by Crippen LogP contribution is -2.19. The molecule has 0 aliphatic rings. The molecule has 0 heterocycles. The minimum Gasteiger partial charge on any atom is -0.489 e. The summed E-state index contributed by atoms with van der Waals surface area (Å²) in [6.07, 6.45) is 1.61. The second kappa shape index (κ2) is 8.23. The molecular weight excluding hydrogens is 360 g/mol. The van der Waals surface area contributed by atoms with Crippen LogP contribution in [-0.2, 0) is 0 Å². The zero-order valence-electron chi connectivity index (χ0n) is 15.5. The monoisotopic (exact) mass is 380 g/mol. The number of nitrogens with one attached hydrogen (secondary N) is 1. The molecular formula is C22H21ClN2O2. The molecule has 0 saturated heterocycles. The molecule has 138 valence electrons. The fraction of sp³-hybridized carbons (Fsp3) is 0.182. The number of fused-ring (bicyclic) bond motifs is 1. The summed E-state index contributed by atoms with van der Waals surface area (Å²) in [6.45, 7) is 5.80. The van der Waals surface area contributed by atoms with Crippen molar-refractivity contribution in [1.82, 2.24) is 5.43 Å². The van der Waals surface area contributed by atoms with Crippen LogP contribution >= 0.6 is 11.6 Å². The third-order valence-electron chi connectivity index (χ3n) is 4.06. The second-order valence-electron chi connectivity index (χ2n) is 6.53. The van der Waals surface area contributed by atoms with Gasteiger partial charge in [-0.1, -0.05) is 48.0 Å². The molecule has 3 aromatic carbocycles. The summed E-state index contributed by atoms with van der Waals surface area (Å²) in [7, 11) is 0. The highest BCUT2D eigenvalue weighted by Gasteiger charge is 2.12. The molecule has 0 unspecified atom stereocenters. The average molecular weight is 381 g/mol. The van der Waals surface area contributed by atoms with Gasteiger partial charge in [0.15, 0.2) is 0 Å². The first kappa shape index (κ1) is 18.9. The maximum absolute atomic E-state index is 12.6. The van der Waals surface area contributed by atoms with Crippen molar-refractivity contribution in [1.29, 1.82) is 0 Å². The van der Waals surface area contributed by atoms with Crippen molar-refractivity contribution in [2.24, 2.45) is 5.10 Å².